The molecule has 0 aliphatic carbocycles. The molecule has 15 heavy (non-hydrogen) atoms. The van der Waals surface area contributed by atoms with Gasteiger partial charge in [-0.2, -0.15) is 0 Å². The van der Waals surface area contributed by atoms with Crippen LogP contribution in [0.3, 0.4) is 0 Å². The van der Waals surface area contributed by atoms with Gasteiger partial charge in [0.1, 0.15) is 0 Å². The maximum absolute atomic E-state index is 5.79. The first-order chi connectivity index (χ1) is 7.06. The molecule has 2 rings (SSSR count). The van der Waals surface area contributed by atoms with Crippen molar-refractivity contribution >= 4 is 26.8 Å². The smallest absolute Gasteiger partial charge is 0.0511 e. The number of nitrogens with zero attached hydrogens (tertiary/aromatic N) is 1. The third kappa shape index (κ3) is 1.70. The lowest BCUT2D eigenvalue weighted by molar-refractivity contribution is 0.379. The van der Waals surface area contributed by atoms with Crippen LogP contribution in [0.2, 0.25) is 0 Å². The maximum atomic E-state index is 5.79. The lowest BCUT2D eigenvalue weighted by Crippen LogP contribution is -2.34. The van der Waals surface area contributed by atoms with Crippen molar-refractivity contribution in [1.29, 1.82) is 0 Å². The topological polar surface area (TPSA) is 30.9 Å². The molecule has 0 radical (unpaired) electrons. The minimum atomic E-state index is -0.0391. The highest BCUT2D eigenvalue weighted by atomic mass is 79.9. The Morgan fingerprint density at radius 2 is 2.07 bits per heavy atom. The Morgan fingerprint density at radius 3 is 2.73 bits per heavy atom. The second-order valence-electron chi connectivity index (χ2n) is 4.37. The van der Waals surface area contributed by atoms with Gasteiger partial charge in [0.15, 0.2) is 0 Å². The Bertz CT molecular complexity index is 485. The molecule has 0 bridgehead atoms. The summed E-state index contributed by atoms with van der Waals surface area (Å²) >= 11 is 3.55. The quantitative estimate of drug-likeness (QED) is 0.890. The zero-order valence-electron chi connectivity index (χ0n) is 9.00. The van der Waals surface area contributed by atoms with Gasteiger partial charge in [0, 0.05) is 28.1 Å². The number of rotatable bonds is 2. The van der Waals surface area contributed by atoms with E-state index < -0.39 is 0 Å². The van der Waals surface area contributed by atoms with Crippen molar-refractivity contribution in [3.63, 3.8) is 0 Å². The summed E-state index contributed by atoms with van der Waals surface area (Å²) < 4.78 is 3.36. The molecule has 2 N–H and O–H groups in total. The first kappa shape index (κ1) is 10.7. The van der Waals surface area contributed by atoms with Gasteiger partial charge in [-0.05, 0) is 32.0 Å². The van der Waals surface area contributed by atoms with Crippen LogP contribution < -0.4 is 5.73 Å². The fraction of sp³-hybridized carbons (Fsp3) is 0.333. The van der Waals surface area contributed by atoms with E-state index in [2.05, 4.69) is 64.8 Å². The Hall–Kier alpha value is -0.800. The molecule has 2 nitrogen and oxygen atoms in total. The molecule has 3 heteroatoms. The lowest BCUT2D eigenvalue weighted by Gasteiger charge is -2.26. The summed E-state index contributed by atoms with van der Waals surface area (Å²) in [7, 11) is 0. The standard InChI is InChI=1S/C12H15BrN2/c1-12(2,8-14)15-7-6-9-10(13)4-3-5-11(9)15/h3-7H,8,14H2,1-2H3. The SMILES string of the molecule is CC(C)(CN)n1ccc2c(Br)cccc21. The number of fused-ring (bicyclic) bond motifs is 1. The molecule has 0 atom stereocenters. The number of hydrogen-bond donors (Lipinski definition) is 1. The van der Waals surface area contributed by atoms with E-state index in [1.807, 2.05) is 0 Å². The fourth-order valence-electron chi connectivity index (χ4n) is 1.76. The Morgan fingerprint density at radius 1 is 1.33 bits per heavy atom. The van der Waals surface area contributed by atoms with Gasteiger partial charge >= 0.3 is 0 Å². The van der Waals surface area contributed by atoms with Crippen LogP contribution >= 0.6 is 15.9 Å². The second kappa shape index (κ2) is 3.65. The number of hydrogen-bond acceptors (Lipinski definition) is 1. The average Bonchev–Trinajstić information content (AvgIpc) is 2.63. The minimum Gasteiger partial charge on any atom is -0.341 e. The van der Waals surface area contributed by atoms with Crippen molar-refractivity contribution in [2.24, 2.45) is 5.73 Å². The van der Waals surface area contributed by atoms with Crippen LogP contribution in [0.1, 0.15) is 13.8 Å². The van der Waals surface area contributed by atoms with E-state index >= 15 is 0 Å². The van der Waals surface area contributed by atoms with Crippen molar-refractivity contribution in [2.45, 2.75) is 19.4 Å². The molecule has 80 valence electrons. The van der Waals surface area contributed by atoms with Gasteiger partial charge in [-0.3, -0.25) is 0 Å². The van der Waals surface area contributed by atoms with E-state index in [-0.39, 0.29) is 5.54 Å². The third-order valence-corrected chi connectivity index (χ3v) is 3.52. The highest BCUT2D eigenvalue weighted by Gasteiger charge is 2.19. The summed E-state index contributed by atoms with van der Waals surface area (Å²) in [6.45, 7) is 4.92. The van der Waals surface area contributed by atoms with Crippen LogP contribution in [0, 0.1) is 0 Å². The molecule has 0 spiro atoms. The van der Waals surface area contributed by atoms with Crippen LogP contribution in [-0.2, 0) is 5.54 Å². The van der Waals surface area contributed by atoms with Crippen LogP contribution in [-0.4, -0.2) is 11.1 Å². The number of aromatic nitrogens is 1. The molecule has 0 unspecified atom stereocenters. The van der Waals surface area contributed by atoms with E-state index in [9.17, 15) is 0 Å². The molecule has 0 amide bonds. The number of nitrogens with two attached hydrogens (primary N) is 1. The monoisotopic (exact) mass is 266 g/mol. The Balaban J connectivity index is 2.69. The van der Waals surface area contributed by atoms with E-state index in [1.54, 1.807) is 0 Å². The van der Waals surface area contributed by atoms with Gasteiger partial charge in [0.25, 0.3) is 0 Å². The highest BCUT2D eigenvalue weighted by Crippen LogP contribution is 2.28. The molecule has 0 aliphatic rings. The predicted molar refractivity (Wildman–Crippen MR) is 68.0 cm³/mol. The summed E-state index contributed by atoms with van der Waals surface area (Å²) in [5.41, 5.74) is 6.98. The first-order valence-corrected chi connectivity index (χ1v) is 5.82. The van der Waals surface area contributed by atoms with Gasteiger partial charge < -0.3 is 10.3 Å². The van der Waals surface area contributed by atoms with Gasteiger partial charge in [0.2, 0.25) is 0 Å². The van der Waals surface area contributed by atoms with Crippen LogP contribution in [0.15, 0.2) is 34.9 Å². The molecular weight excluding hydrogens is 252 g/mol. The largest absolute Gasteiger partial charge is 0.341 e. The van der Waals surface area contributed by atoms with Crippen LogP contribution in [0.25, 0.3) is 10.9 Å². The summed E-state index contributed by atoms with van der Waals surface area (Å²) in [6, 6.07) is 8.35. The van der Waals surface area contributed by atoms with Gasteiger partial charge in [-0.25, -0.2) is 0 Å². The first-order valence-electron chi connectivity index (χ1n) is 5.02. The molecule has 1 aromatic heterocycles. The third-order valence-electron chi connectivity index (χ3n) is 2.83. The highest BCUT2D eigenvalue weighted by molar-refractivity contribution is 9.10. The van der Waals surface area contributed by atoms with Crippen molar-refractivity contribution < 1.29 is 0 Å². The van der Waals surface area contributed by atoms with E-state index in [0.717, 1.165) is 4.47 Å². The second-order valence-corrected chi connectivity index (χ2v) is 5.23. The number of benzene rings is 1. The predicted octanol–water partition coefficient (Wildman–Crippen LogP) is 3.10. The summed E-state index contributed by atoms with van der Waals surface area (Å²) in [4.78, 5) is 0. The van der Waals surface area contributed by atoms with Crippen molar-refractivity contribution in [3.8, 4) is 0 Å². The lowest BCUT2D eigenvalue weighted by atomic mass is 10.1. The van der Waals surface area contributed by atoms with Crippen molar-refractivity contribution in [2.75, 3.05) is 6.54 Å². The normalized spacial score (nSPS) is 12.3. The van der Waals surface area contributed by atoms with Gasteiger partial charge in [-0.1, -0.05) is 22.0 Å². The average molecular weight is 267 g/mol. The molecule has 2 aromatic rings. The zero-order valence-corrected chi connectivity index (χ0v) is 10.6. The fourth-order valence-corrected chi connectivity index (χ4v) is 2.24. The van der Waals surface area contributed by atoms with Crippen LogP contribution in [0.4, 0.5) is 0 Å². The van der Waals surface area contributed by atoms with Gasteiger partial charge in [-0.15, -0.1) is 0 Å². The Labute approximate surface area is 98.2 Å². The van der Waals surface area contributed by atoms with Crippen molar-refractivity contribution in [3.05, 3.63) is 34.9 Å². The molecule has 1 heterocycles. The van der Waals surface area contributed by atoms with Gasteiger partial charge in [0.05, 0.1) is 5.54 Å². The molecule has 1 aromatic carbocycles. The Kier molecular flexibility index (Phi) is 2.61. The van der Waals surface area contributed by atoms with Crippen molar-refractivity contribution in [1.82, 2.24) is 4.57 Å². The summed E-state index contributed by atoms with van der Waals surface area (Å²) in [5.74, 6) is 0. The van der Waals surface area contributed by atoms with E-state index in [0.29, 0.717) is 6.54 Å². The minimum absolute atomic E-state index is 0.0391. The zero-order chi connectivity index (χ0) is 11.1. The van der Waals surface area contributed by atoms with E-state index in [4.69, 9.17) is 5.73 Å². The molecular formula is C12H15BrN2. The molecule has 0 aliphatic heterocycles. The molecule has 0 fully saturated rings. The maximum Gasteiger partial charge on any atom is 0.0511 e. The number of halogens is 1. The van der Waals surface area contributed by atoms with Crippen LogP contribution in [0.5, 0.6) is 0 Å². The summed E-state index contributed by atoms with van der Waals surface area (Å²) in [6.07, 6.45) is 2.10. The molecule has 0 saturated carbocycles. The molecule has 0 saturated heterocycles. The van der Waals surface area contributed by atoms with E-state index in [1.165, 1.54) is 10.9 Å². The summed E-state index contributed by atoms with van der Waals surface area (Å²) in [5, 5.41) is 1.24.